The standard InChI is InChI=1S/C10H18F3N3O3/c1-6-5-19-7(4-17)2-16(6)3-8(9(14)15-18)10(11,12)13/h6-8,17-18H,2-5H2,1H3,(H2,14,15). The van der Waals surface area contributed by atoms with Crippen LogP contribution in [0.1, 0.15) is 6.92 Å². The molecule has 1 fully saturated rings. The molecule has 0 aromatic rings. The number of amidine groups is 1. The minimum atomic E-state index is -4.59. The van der Waals surface area contributed by atoms with Gasteiger partial charge in [-0.05, 0) is 6.92 Å². The highest BCUT2D eigenvalue weighted by Gasteiger charge is 2.45. The topological polar surface area (TPSA) is 91.3 Å². The number of hydrogen-bond donors (Lipinski definition) is 3. The molecule has 1 rings (SSSR count). The Morgan fingerprint density at radius 1 is 1.58 bits per heavy atom. The molecule has 1 saturated heterocycles. The fourth-order valence-electron chi connectivity index (χ4n) is 1.91. The number of oxime groups is 1. The lowest BCUT2D eigenvalue weighted by molar-refractivity contribution is -0.168. The molecule has 1 aliphatic rings. The third kappa shape index (κ3) is 4.22. The van der Waals surface area contributed by atoms with Gasteiger partial charge >= 0.3 is 6.18 Å². The van der Waals surface area contributed by atoms with Crippen molar-refractivity contribution in [3.8, 4) is 0 Å². The molecule has 19 heavy (non-hydrogen) atoms. The van der Waals surface area contributed by atoms with Crippen LogP contribution in [0.2, 0.25) is 0 Å². The molecule has 0 radical (unpaired) electrons. The Balaban J connectivity index is 2.77. The zero-order valence-corrected chi connectivity index (χ0v) is 10.5. The molecule has 0 spiro atoms. The highest BCUT2D eigenvalue weighted by Crippen LogP contribution is 2.28. The Kier molecular flexibility index (Phi) is 5.39. The lowest BCUT2D eigenvalue weighted by Crippen LogP contribution is -2.54. The van der Waals surface area contributed by atoms with E-state index in [9.17, 15) is 13.2 Å². The van der Waals surface area contributed by atoms with E-state index in [2.05, 4.69) is 5.16 Å². The zero-order valence-electron chi connectivity index (χ0n) is 10.5. The Labute approximate surface area is 108 Å². The van der Waals surface area contributed by atoms with Crippen LogP contribution in [-0.2, 0) is 4.74 Å². The Morgan fingerprint density at radius 3 is 2.68 bits per heavy atom. The number of hydrogen-bond acceptors (Lipinski definition) is 5. The minimum absolute atomic E-state index is 0.170. The van der Waals surface area contributed by atoms with Crippen LogP contribution in [0.25, 0.3) is 0 Å². The molecule has 0 amide bonds. The molecule has 0 saturated carbocycles. The van der Waals surface area contributed by atoms with Gasteiger partial charge in [-0.25, -0.2) is 0 Å². The molecular weight excluding hydrogens is 267 g/mol. The average Bonchev–Trinajstić information content (AvgIpc) is 2.35. The number of aliphatic hydroxyl groups excluding tert-OH is 1. The van der Waals surface area contributed by atoms with Crippen LogP contribution in [0.5, 0.6) is 0 Å². The second kappa shape index (κ2) is 6.40. The predicted octanol–water partition coefficient (Wildman–Crippen LogP) is -0.00710. The van der Waals surface area contributed by atoms with Crippen LogP contribution >= 0.6 is 0 Å². The monoisotopic (exact) mass is 285 g/mol. The van der Waals surface area contributed by atoms with Crippen LogP contribution in [0.3, 0.4) is 0 Å². The van der Waals surface area contributed by atoms with Crippen molar-refractivity contribution in [2.24, 2.45) is 16.8 Å². The highest BCUT2D eigenvalue weighted by atomic mass is 19.4. The summed E-state index contributed by atoms with van der Waals surface area (Å²) in [6.07, 6.45) is -5.11. The molecule has 1 aliphatic heterocycles. The Bertz CT molecular complexity index is 325. The number of ether oxygens (including phenoxy) is 1. The van der Waals surface area contributed by atoms with Crippen molar-refractivity contribution in [2.75, 3.05) is 26.3 Å². The molecule has 1 heterocycles. The average molecular weight is 285 g/mol. The van der Waals surface area contributed by atoms with E-state index in [0.29, 0.717) is 0 Å². The van der Waals surface area contributed by atoms with E-state index in [1.807, 2.05) is 0 Å². The maximum absolute atomic E-state index is 12.8. The number of morpholine rings is 1. The molecule has 112 valence electrons. The first kappa shape index (κ1) is 16.0. The van der Waals surface area contributed by atoms with Crippen molar-refractivity contribution in [2.45, 2.75) is 25.2 Å². The van der Waals surface area contributed by atoms with Gasteiger partial charge in [-0.15, -0.1) is 0 Å². The van der Waals surface area contributed by atoms with Crippen molar-refractivity contribution < 1.29 is 28.2 Å². The van der Waals surface area contributed by atoms with E-state index in [1.165, 1.54) is 4.90 Å². The Morgan fingerprint density at radius 2 is 2.21 bits per heavy atom. The van der Waals surface area contributed by atoms with E-state index in [1.54, 1.807) is 6.92 Å². The quantitative estimate of drug-likeness (QED) is 0.292. The zero-order chi connectivity index (χ0) is 14.6. The first-order valence-corrected chi connectivity index (χ1v) is 5.80. The van der Waals surface area contributed by atoms with E-state index in [0.717, 1.165) is 0 Å². The molecule has 0 bridgehead atoms. The van der Waals surface area contributed by atoms with Gasteiger partial charge in [0.15, 0.2) is 5.84 Å². The van der Waals surface area contributed by atoms with Gasteiger partial charge in [0.1, 0.15) is 5.92 Å². The van der Waals surface area contributed by atoms with Gasteiger partial charge in [0.2, 0.25) is 0 Å². The van der Waals surface area contributed by atoms with Crippen molar-refractivity contribution in [3.63, 3.8) is 0 Å². The molecular formula is C10H18F3N3O3. The summed E-state index contributed by atoms with van der Waals surface area (Å²) in [4.78, 5) is 1.51. The van der Waals surface area contributed by atoms with E-state index < -0.39 is 30.6 Å². The first-order valence-electron chi connectivity index (χ1n) is 5.80. The summed E-state index contributed by atoms with van der Waals surface area (Å²) in [5.41, 5.74) is 5.11. The summed E-state index contributed by atoms with van der Waals surface area (Å²) < 4.78 is 43.8. The molecule has 0 aromatic carbocycles. The summed E-state index contributed by atoms with van der Waals surface area (Å²) in [6, 6.07) is -0.237. The highest BCUT2D eigenvalue weighted by molar-refractivity contribution is 5.83. The number of aliphatic hydroxyl groups is 1. The van der Waals surface area contributed by atoms with E-state index >= 15 is 0 Å². The summed E-state index contributed by atoms with van der Waals surface area (Å²) in [6.45, 7) is 1.42. The van der Waals surface area contributed by atoms with Gasteiger partial charge in [0.25, 0.3) is 0 Å². The maximum atomic E-state index is 12.8. The summed E-state index contributed by atoms with van der Waals surface area (Å²) >= 11 is 0. The molecule has 3 atom stereocenters. The maximum Gasteiger partial charge on any atom is 0.400 e. The van der Waals surface area contributed by atoms with Gasteiger partial charge in [-0.1, -0.05) is 5.16 Å². The van der Waals surface area contributed by atoms with Crippen LogP contribution in [0, 0.1) is 5.92 Å². The largest absolute Gasteiger partial charge is 0.409 e. The lowest BCUT2D eigenvalue weighted by atomic mass is 10.1. The lowest BCUT2D eigenvalue weighted by Gasteiger charge is -2.39. The molecule has 0 aliphatic carbocycles. The normalized spacial score (nSPS) is 28.4. The van der Waals surface area contributed by atoms with Gasteiger partial charge in [-0.3, -0.25) is 4.90 Å². The van der Waals surface area contributed by atoms with Crippen LogP contribution in [0.15, 0.2) is 5.16 Å². The summed E-state index contributed by atoms with van der Waals surface area (Å²) in [7, 11) is 0. The number of nitrogens with zero attached hydrogens (tertiary/aromatic N) is 2. The van der Waals surface area contributed by atoms with Crippen molar-refractivity contribution >= 4 is 5.84 Å². The number of nitrogens with two attached hydrogens (primary N) is 1. The van der Waals surface area contributed by atoms with E-state index in [-0.39, 0.29) is 25.8 Å². The molecule has 0 aromatic heterocycles. The van der Waals surface area contributed by atoms with Crippen molar-refractivity contribution in [1.29, 1.82) is 0 Å². The molecule has 4 N–H and O–H groups in total. The fourth-order valence-corrected chi connectivity index (χ4v) is 1.91. The summed E-state index contributed by atoms with van der Waals surface area (Å²) in [5, 5.41) is 19.9. The molecule has 3 unspecified atom stereocenters. The third-order valence-electron chi connectivity index (χ3n) is 3.12. The van der Waals surface area contributed by atoms with Crippen LogP contribution in [-0.4, -0.2) is 65.7 Å². The number of halogens is 3. The second-order valence-corrected chi connectivity index (χ2v) is 4.56. The fraction of sp³-hybridized carbons (Fsp3) is 0.900. The van der Waals surface area contributed by atoms with E-state index in [4.69, 9.17) is 20.8 Å². The number of rotatable bonds is 4. The predicted molar refractivity (Wildman–Crippen MR) is 60.8 cm³/mol. The van der Waals surface area contributed by atoms with Gasteiger partial charge in [-0.2, -0.15) is 13.2 Å². The third-order valence-corrected chi connectivity index (χ3v) is 3.12. The van der Waals surface area contributed by atoms with Gasteiger partial charge < -0.3 is 20.8 Å². The minimum Gasteiger partial charge on any atom is -0.409 e. The second-order valence-electron chi connectivity index (χ2n) is 4.56. The first-order chi connectivity index (χ1) is 8.79. The molecule has 9 heteroatoms. The smallest absolute Gasteiger partial charge is 0.400 e. The van der Waals surface area contributed by atoms with Gasteiger partial charge in [0.05, 0.1) is 19.3 Å². The van der Waals surface area contributed by atoms with Crippen molar-refractivity contribution in [3.05, 3.63) is 0 Å². The molecule has 6 nitrogen and oxygen atoms in total. The number of alkyl halides is 3. The van der Waals surface area contributed by atoms with Crippen LogP contribution in [0.4, 0.5) is 13.2 Å². The van der Waals surface area contributed by atoms with Crippen molar-refractivity contribution in [1.82, 2.24) is 4.90 Å². The Hall–Kier alpha value is -1.06. The summed E-state index contributed by atoms with van der Waals surface area (Å²) in [5.74, 6) is -2.91. The van der Waals surface area contributed by atoms with Crippen LogP contribution < -0.4 is 5.73 Å². The van der Waals surface area contributed by atoms with Gasteiger partial charge in [0, 0.05) is 19.1 Å². The SMILES string of the molecule is CC1COC(CO)CN1CC(C(N)=NO)C(F)(F)F.